The predicted molar refractivity (Wildman–Crippen MR) is 81.1 cm³/mol. The molecular weight excluding hydrogens is 276 g/mol. The number of Topliss-reactive ketones (excluding diaryl/α,β-unsaturated/α-hetero) is 2. The van der Waals surface area contributed by atoms with Gasteiger partial charge in [0.05, 0.1) is 6.10 Å². The molecule has 1 saturated heterocycles. The molecule has 0 bridgehead atoms. The molecule has 4 fully saturated rings. The van der Waals surface area contributed by atoms with Crippen molar-refractivity contribution in [3.05, 3.63) is 11.6 Å². The standard InChI is InChI=1S/C19H24O3/c1-18-9-14-16-11(12(18)6-8-15(18)21)5-3-10-4-7-13(20)17(22-14)19(10,16)2/h4,11-12,14,16-17H,3,5-9H2,1-2H3/t11-,12-,14-,16+,17+,18-,19+/m0/s1. The number of rotatable bonds is 0. The number of carbonyl (C=O) groups excluding carboxylic acids is 2. The minimum atomic E-state index is -0.247. The van der Waals surface area contributed by atoms with E-state index in [1.807, 2.05) is 0 Å². The van der Waals surface area contributed by atoms with Crippen molar-refractivity contribution in [3.63, 3.8) is 0 Å². The van der Waals surface area contributed by atoms with Crippen molar-refractivity contribution in [1.82, 2.24) is 0 Å². The lowest BCUT2D eigenvalue weighted by atomic mass is 9.47. The topological polar surface area (TPSA) is 43.4 Å². The van der Waals surface area contributed by atoms with Gasteiger partial charge in [-0.3, -0.25) is 9.59 Å². The number of ether oxygens (including phenoxy) is 1. The smallest absolute Gasteiger partial charge is 0.166 e. The molecule has 0 spiro atoms. The summed E-state index contributed by atoms with van der Waals surface area (Å²) in [6.45, 7) is 4.45. The molecule has 3 heteroatoms. The van der Waals surface area contributed by atoms with Crippen LogP contribution in [0.4, 0.5) is 0 Å². The summed E-state index contributed by atoms with van der Waals surface area (Å²) in [5.74, 6) is 2.22. The minimum absolute atomic E-state index is 0.0874. The van der Waals surface area contributed by atoms with Crippen LogP contribution in [-0.4, -0.2) is 23.8 Å². The van der Waals surface area contributed by atoms with E-state index in [9.17, 15) is 9.59 Å². The third kappa shape index (κ3) is 1.30. The average molecular weight is 300 g/mol. The van der Waals surface area contributed by atoms with Crippen LogP contribution in [0.5, 0.6) is 0 Å². The molecule has 5 rings (SSSR count). The largest absolute Gasteiger partial charge is 0.366 e. The summed E-state index contributed by atoms with van der Waals surface area (Å²) >= 11 is 0. The zero-order chi connectivity index (χ0) is 15.3. The van der Waals surface area contributed by atoms with Crippen molar-refractivity contribution in [2.24, 2.45) is 28.6 Å². The summed E-state index contributed by atoms with van der Waals surface area (Å²) in [5, 5.41) is 0. The molecule has 1 aliphatic heterocycles. The molecule has 1 heterocycles. The Labute approximate surface area is 131 Å². The molecule has 0 radical (unpaired) electrons. The van der Waals surface area contributed by atoms with Gasteiger partial charge in [0, 0.05) is 29.6 Å². The van der Waals surface area contributed by atoms with E-state index in [0.717, 1.165) is 25.7 Å². The van der Waals surface area contributed by atoms with Crippen molar-refractivity contribution in [2.75, 3.05) is 0 Å². The number of ketones is 2. The van der Waals surface area contributed by atoms with Crippen LogP contribution in [0, 0.1) is 28.6 Å². The summed E-state index contributed by atoms with van der Waals surface area (Å²) in [7, 11) is 0. The zero-order valence-corrected chi connectivity index (χ0v) is 13.4. The fourth-order valence-corrected chi connectivity index (χ4v) is 6.99. The molecule has 3 saturated carbocycles. The Morgan fingerprint density at radius 3 is 2.82 bits per heavy atom. The van der Waals surface area contributed by atoms with Crippen LogP contribution in [0.1, 0.15) is 52.4 Å². The summed E-state index contributed by atoms with van der Waals surface area (Å²) in [4.78, 5) is 25.0. The van der Waals surface area contributed by atoms with E-state index in [0.29, 0.717) is 30.0 Å². The van der Waals surface area contributed by atoms with Crippen LogP contribution in [0.15, 0.2) is 11.6 Å². The minimum Gasteiger partial charge on any atom is -0.366 e. The molecule has 0 aromatic heterocycles. The van der Waals surface area contributed by atoms with Crippen LogP contribution in [0.2, 0.25) is 0 Å². The zero-order valence-electron chi connectivity index (χ0n) is 13.4. The average Bonchev–Trinajstić information content (AvgIpc) is 2.94. The highest BCUT2D eigenvalue weighted by Gasteiger charge is 2.69. The molecular formula is C19H24O3. The van der Waals surface area contributed by atoms with Gasteiger partial charge in [-0.2, -0.15) is 0 Å². The predicted octanol–water partition coefficient (Wildman–Crippen LogP) is 3.07. The number of carbonyl (C=O) groups is 2. The van der Waals surface area contributed by atoms with Crippen LogP contribution in [-0.2, 0) is 14.3 Å². The Morgan fingerprint density at radius 2 is 2.00 bits per heavy atom. The maximum atomic E-state index is 12.5. The first-order valence-electron chi connectivity index (χ1n) is 8.87. The highest BCUT2D eigenvalue weighted by atomic mass is 16.5. The van der Waals surface area contributed by atoms with Gasteiger partial charge in [-0.25, -0.2) is 0 Å². The van der Waals surface area contributed by atoms with Crippen LogP contribution in [0.25, 0.3) is 0 Å². The summed E-state index contributed by atoms with van der Waals surface area (Å²) in [6.07, 6.45) is 7.50. The van der Waals surface area contributed by atoms with E-state index in [1.54, 1.807) is 0 Å². The van der Waals surface area contributed by atoms with E-state index in [2.05, 4.69) is 19.9 Å². The van der Waals surface area contributed by atoms with E-state index in [4.69, 9.17) is 4.74 Å². The van der Waals surface area contributed by atoms with Gasteiger partial charge in [0.25, 0.3) is 0 Å². The highest BCUT2D eigenvalue weighted by Crippen LogP contribution is 2.68. The van der Waals surface area contributed by atoms with Gasteiger partial charge < -0.3 is 4.74 Å². The fourth-order valence-electron chi connectivity index (χ4n) is 6.99. The molecule has 3 nitrogen and oxygen atoms in total. The second-order valence-corrected chi connectivity index (χ2v) is 8.66. The molecule has 5 aliphatic rings. The monoisotopic (exact) mass is 300 g/mol. The highest BCUT2D eigenvalue weighted by molar-refractivity contribution is 5.89. The first-order chi connectivity index (χ1) is 10.5. The molecule has 0 N–H and O–H groups in total. The van der Waals surface area contributed by atoms with E-state index in [1.165, 1.54) is 12.0 Å². The molecule has 7 atom stereocenters. The lowest BCUT2D eigenvalue weighted by molar-refractivity contribution is -0.138. The molecule has 0 amide bonds. The number of hydrogen-bond acceptors (Lipinski definition) is 3. The Hall–Kier alpha value is -0.960. The summed E-state index contributed by atoms with van der Waals surface area (Å²) in [6, 6.07) is 0. The van der Waals surface area contributed by atoms with Gasteiger partial charge in [-0.1, -0.05) is 25.5 Å². The van der Waals surface area contributed by atoms with Crippen molar-refractivity contribution >= 4 is 11.6 Å². The van der Waals surface area contributed by atoms with Gasteiger partial charge >= 0.3 is 0 Å². The molecule has 118 valence electrons. The van der Waals surface area contributed by atoms with Gasteiger partial charge in [0.2, 0.25) is 0 Å². The lowest BCUT2D eigenvalue weighted by Gasteiger charge is -2.54. The first-order valence-corrected chi connectivity index (χ1v) is 8.87. The van der Waals surface area contributed by atoms with Crippen LogP contribution >= 0.6 is 0 Å². The lowest BCUT2D eigenvalue weighted by Crippen LogP contribution is -2.54. The Balaban J connectivity index is 1.65. The van der Waals surface area contributed by atoms with Crippen molar-refractivity contribution in [1.29, 1.82) is 0 Å². The van der Waals surface area contributed by atoms with Crippen molar-refractivity contribution < 1.29 is 14.3 Å². The molecule has 0 aromatic rings. The molecule has 0 unspecified atom stereocenters. The Bertz CT molecular complexity index is 620. The van der Waals surface area contributed by atoms with Crippen molar-refractivity contribution in [3.8, 4) is 0 Å². The summed E-state index contributed by atoms with van der Waals surface area (Å²) < 4.78 is 6.34. The molecule has 4 aliphatic carbocycles. The normalized spacial score (nSPS) is 55.7. The maximum Gasteiger partial charge on any atom is 0.166 e. The first kappa shape index (κ1) is 13.5. The van der Waals surface area contributed by atoms with E-state index < -0.39 is 0 Å². The summed E-state index contributed by atoms with van der Waals surface area (Å²) in [5.41, 5.74) is 1.18. The second kappa shape index (κ2) is 3.92. The van der Waals surface area contributed by atoms with Gasteiger partial charge in [0.15, 0.2) is 5.78 Å². The Morgan fingerprint density at radius 1 is 1.18 bits per heavy atom. The Kier molecular flexibility index (Phi) is 2.40. The molecule has 0 aromatic carbocycles. The SMILES string of the molecule is C[C@]12C3=CCC(=O)[C@H]1O[C@H]1C[C@]4(C)C(=O)CC[C@H]4[C@H](CC3)[C@H]12. The maximum absolute atomic E-state index is 12.5. The second-order valence-electron chi connectivity index (χ2n) is 8.66. The third-order valence-electron chi connectivity index (χ3n) is 7.97. The quantitative estimate of drug-likeness (QED) is 0.646. The van der Waals surface area contributed by atoms with Crippen molar-refractivity contribution in [2.45, 2.75) is 64.6 Å². The number of allylic oxidation sites excluding steroid dienone is 1. The molecule has 22 heavy (non-hydrogen) atoms. The number of fused-ring (bicyclic) bond motifs is 2. The number of hydrogen-bond donors (Lipinski definition) is 0. The van der Waals surface area contributed by atoms with Crippen LogP contribution in [0.3, 0.4) is 0 Å². The van der Waals surface area contributed by atoms with E-state index in [-0.39, 0.29) is 28.8 Å². The van der Waals surface area contributed by atoms with E-state index >= 15 is 0 Å². The van der Waals surface area contributed by atoms with Gasteiger partial charge in [-0.05, 0) is 37.5 Å². The van der Waals surface area contributed by atoms with Crippen LogP contribution < -0.4 is 0 Å². The van der Waals surface area contributed by atoms with Gasteiger partial charge in [0.1, 0.15) is 11.9 Å². The van der Waals surface area contributed by atoms with Gasteiger partial charge in [-0.15, -0.1) is 0 Å². The fraction of sp³-hybridized carbons (Fsp3) is 0.789. The third-order valence-corrected chi connectivity index (χ3v) is 7.97.